The fraction of sp³-hybridized carbons (Fsp3) is 0.833. The highest BCUT2D eigenvalue weighted by atomic mass is 16.5. The van der Waals surface area contributed by atoms with Gasteiger partial charge in [0.1, 0.15) is 0 Å². The first kappa shape index (κ1) is 12.7. The van der Waals surface area contributed by atoms with Gasteiger partial charge in [-0.15, -0.1) is 0 Å². The third kappa shape index (κ3) is 4.33. The van der Waals surface area contributed by atoms with Gasteiger partial charge in [0, 0.05) is 12.6 Å². The highest BCUT2D eigenvalue weighted by Gasteiger charge is 2.14. The summed E-state index contributed by atoms with van der Waals surface area (Å²) in [5.74, 6) is 0.514. The molecule has 0 aliphatic carbocycles. The van der Waals surface area contributed by atoms with Crippen LogP contribution in [0.1, 0.15) is 26.7 Å². The van der Waals surface area contributed by atoms with Crippen molar-refractivity contribution in [2.75, 3.05) is 26.4 Å². The van der Waals surface area contributed by atoms with Crippen molar-refractivity contribution >= 4 is 0 Å². The number of aliphatic hydroxyl groups excluding tert-OH is 1. The Kier molecular flexibility index (Phi) is 5.91. The summed E-state index contributed by atoms with van der Waals surface area (Å²) < 4.78 is 5.36. The Hall–Kier alpha value is -0.380. The molecule has 0 fully saturated rings. The van der Waals surface area contributed by atoms with Crippen LogP contribution in [0.3, 0.4) is 0 Å². The number of aliphatic hydroxyl groups is 1. The Morgan fingerprint density at radius 2 is 2.40 bits per heavy atom. The highest BCUT2D eigenvalue weighted by molar-refractivity contribution is 5.07. The first-order chi connectivity index (χ1) is 7.27. The molecule has 15 heavy (non-hydrogen) atoms. The Labute approximate surface area is 92.5 Å². The normalized spacial score (nSPS) is 20.9. The van der Waals surface area contributed by atoms with Gasteiger partial charge in [-0.2, -0.15) is 0 Å². The lowest BCUT2D eigenvalue weighted by molar-refractivity contribution is 0.146. The van der Waals surface area contributed by atoms with Crippen molar-refractivity contribution in [1.29, 1.82) is 0 Å². The summed E-state index contributed by atoms with van der Waals surface area (Å²) in [5, 5.41) is 12.6. The van der Waals surface area contributed by atoms with Crippen LogP contribution < -0.4 is 5.32 Å². The van der Waals surface area contributed by atoms with Crippen LogP contribution in [0.2, 0.25) is 0 Å². The monoisotopic (exact) mass is 213 g/mol. The molecule has 1 aliphatic heterocycles. The van der Waals surface area contributed by atoms with E-state index in [1.54, 1.807) is 0 Å². The Morgan fingerprint density at radius 3 is 2.93 bits per heavy atom. The second-order valence-corrected chi connectivity index (χ2v) is 4.26. The van der Waals surface area contributed by atoms with Gasteiger partial charge in [-0.25, -0.2) is 0 Å². The SMILES string of the molecule is CCC(C)C(CO)NCC1=CCCOC1. The Balaban J connectivity index is 2.29. The molecule has 2 N–H and O–H groups in total. The molecule has 1 heterocycles. The van der Waals surface area contributed by atoms with Gasteiger partial charge in [-0.3, -0.25) is 0 Å². The van der Waals surface area contributed by atoms with Crippen molar-refractivity contribution in [3.63, 3.8) is 0 Å². The quantitative estimate of drug-likeness (QED) is 0.654. The summed E-state index contributed by atoms with van der Waals surface area (Å²) >= 11 is 0. The predicted octanol–water partition coefficient (Wildman–Crippen LogP) is 1.33. The molecule has 0 saturated carbocycles. The lowest BCUT2D eigenvalue weighted by Gasteiger charge is -2.23. The van der Waals surface area contributed by atoms with E-state index >= 15 is 0 Å². The van der Waals surface area contributed by atoms with Crippen LogP contribution in [-0.2, 0) is 4.74 Å². The smallest absolute Gasteiger partial charge is 0.0689 e. The van der Waals surface area contributed by atoms with Crippen molar-refractivity contribution in [3.8, 4) is 0 Å². The molecular formula is C12H23NO2. The van der Waals surface area contributed by atoms with Crippen molar-refractivity contribution in [3.05, 3.63) is 11.6 Å². The zero-order valence-corrected chi connectivity index (χ0v) is 9.83. The maximum Gasteiger partial charge on any atom is 0.0689 e. The summed E-state index contributed by atoms with van der Waals surface area (Å²) in [5.41, 5.74) is 1.31. The molecule has 0 bridgehead atoms. The van der Waals surface area contributed by atoms with Gasteiger partial charge >= 0.3 is 0 Å². The second-order valence-electron chi connectivity index (χ2n) is 4.26. The zero-order valence-electron chi connectivity index (χ0n) is 9.83. The van der Waals surface area contributed by atoms with Gasteiger partial charge in [-0.05, 0) is 17.9 Å². The fourth-order valence-electron chi connectivity index (χ4n) is 1.72. The number of hydrogen-bond acceptors (Lipinski definition) is 3. The minimum atomic E-state index is 0.206. The first-order valence-electron chi connectivity index (χ1n) is 5.87. The molecule has 0 amide bonds. The van der Waals surface area contributed by atoms with E-state index in [2.05, 4.69) is 25.2 Å². The molecule has 3 nitrogen and oxygen atoms in total. The highest BCUT2D eigenvalue weighted by Crippen LogP contribution is 2.09. The first-order valence-corrected chi connectivity index (χ1v) is 5.87. The molecule has 0 spiro atoms. The molecule has 0 aromatic rings. The number of hydrogen-bond donors (Lipinski definition) is 2. The predicted molar refractivity (Wildman–Crippen MR) is 61.9 cm³/mol. The average molecular weight is 213 g/mol. The average Bonchev–Trinajstić information content (AvgIpc) is 2.31. The Morgan fingerprint density at radius 1 is 1.60 bits per heavy atom. The molecule has 0 aromatic carbocycles. The van der Waals surface area contributed by atoms with Gasteiger partial charge in [0.25, 0.3) is 0 Å². The van der Waals surface area contributed by atoms with Gasteiger partial charge in [-0.1, -0.05) is 26.3 Å². The van der Waals surface area contributed by atoms with Crippen molar-refractivity contribution < 1.29 is 9.84 Å². The molecule has 3 heteroatoms. The van der Waals surface area contributed by atoms with Crippen molar-refractivity contribution in [2.24, 2.45) is 5.92 Å². The lowest BCUT2D eigenvalue weighted by Crippen LogP contribution is -2.39. The van der Waals surface area contributed by atoms with Crippen molar-refractivity contribution in [1.82, 2.24) is 5.32 Å². The van der Waals surface area contributed by atoms with E-state index < -0.39 is 0 Å². The maximum atomic E-state index is 9.24. The van der Waals surface area contributed by atoms with Crippen LogP contribution in [0.15, 0.2) is 11.6 Å². The fourth-order valence-corrected chi connectivity index (χ4v) is 1.72. The van der Waals surface area contributed by atoms with Crippen LogP contribution in [0, 0.1) is 5.92 Å². The largest absolute Gasteiger partial charge is 0.395 e. The van der Waals surface area contributed by atoms with Crippen molar-refractivity contribution in [2.45, 2.75) is 32.7 Å². The molecule has 0 aromatic heterocycles. The third-order valence-corrected chi connectivity index (χ3v) is 3.10. The molecular weight excluding hydrogens is 190 g/mol. The minimum absolute atomic E-state index is 0.206. The van der Waals surface area contributed by atoms with Gasteiger partial charge in [0.2, 0.25) is 0 Å². The summed E-state index contributed by atoms with van der Waals surface area (Å²) in [6, 6.07) is 0.206. The molecule has 1 rings (SSSR count). The van der Waals surface area contributed by atoms with Gasteiger partial charge in [0.15, 0.2) is 0 Å². The van der Waals surface area contributed by atoms with Gasteiger partial charge in [0.05, 0.1) is 19.8 Å². The molecule has 0 saturated heterocycles. The summed E-state index contributed by atoms with van der Waals surface area (Å²) in [7, 11) is 0. The van der Waals surface area contributed by atoms with E-state index in [9.17, 15) is 5.11 Å². The van der Waals surface area contributed by atoms with E-state index in [1.807, 2.05) is 0 Å². The number of nitrogens with one attached hydrogen (secondary N) is 1. The number of rotatable bonds is 6. The summed E-state index contributed by atoms with van der Waals surface area (Å²) in [6.07, 6.45) is 4.35. The van der Waals surface area contributed by atoms with E-state index in [0.29, 0.717) is 5.92 Å². The Bertz CT molecular complexity index is 204. The maximum absolute atomic E-state index is 9.24. The lowest BCUT2D eigenvalue weighted by atomic mass is 9.99. The van der Waals surface area contributed by atoms with Gasteiger partial charge < -0.3 is 15.2 Å². The van der Waals surface area contributed by atoms with Crippen LogP contribution >= 0.6 is 0 Å². The van der Waals surface area contributed by atoms with Crippen LogP contribution in [0.25, 0.3) is 0 Å². The number of ether oxygens (including phenoxy) is 1. The minimum Gasteiger partial charge on any atom is -0.395 e. The molecule has 2 unspecified atom stereocenters. The third-order valence-electron chi connectivity index (χ3n) is 3.10. The van der Waals surface area contributed by atoms with E-state index in [4.69, 9.17) is 4.74 Å². The molecule has 2 atom stereocenters. The second kappa shape index (κ2) is 6.99. The van der Waals surface area contributed by atoms with E-state index in [1.165, 1.54) is 5.57 Å². The van der Waals surface area contributed by atoms with E-state index in [0.717, 1.165) is 32.6 Å². The molecule has 88 valence electrons. The van der Waals surface area contributed by atoms with Crippen LogP contribution in [0.5, 0.6) is 0 Å². The molecule has 1 aliphatic rings. The standard InChI is InChI=1S/C12H23NO2/c1-3-10(2)12(8-14)13-7-11-5-4-6-15-9-11/h5,10,12-14H,3-4,6-9H2,1-2H3. The topological polar surface area (TPSA) is 41.5 Å². The summed E-state index contributed by atoms with van der Waals surface area (Å²) in [6.45, 7) is 6.96. The molecule has 0 radical (unpaired) electrons. The van der Waals surface area contributed by atoms with Crippen LogP contribution in [-0.4, -0.2) is 37.5 Å². The van der Waals surface area contributed by atoms with Crippen LogP contribution in [0.4, 0.5) is 0 Å². The van der Waals surface area contributed by atoms with E-state index in [-0.39, 0.29) is 12.6 Å². The zero-order chi connectivity index (χ0) is 11.1. The summed E-state index contributed by atoms with van der Waals surface area (Å²) in [4.78, 5) is 0.